The molecule has 1 fully saturated rings. The highest BCUT2D eigenvalue weighted by Crippen LogP contribution is 2.57. The summed E-state index contributed by atoms with van der Waals surface area (Å²) in [5.41, 5.74) is -0.604. The zero-order chi connectivity index (χ0) is 19.1. The van der Waals surface area contributed by atoms with Crippen molar-refractivity contribution in [3.8, 4) is 5.75 Å². The first-order valence-electron chi connectivity index (χ1n) is 9.57. The summed E-state index contributed by atoms with van der Waals surface area (Å²) in [5, 5.41) is 20.9. The number of fused-ring (bicyclic) bond motifs is 1. The Hall–Kier alpha value is -1.81. The van der Waals surface area contributed by atoms with Crippen LogP contribution in [-0.2, 0) is 4.74 Å². The molecule has 2 aliphatic carbocycles. The zero-order valence-corrected chi connectivity index (χ0v) is 16.1. The second-order valence-electron chi connectivity index (χ2n) is 8.69. The number of phenolic OH excluding ortho intramolecular Hbond substituents is 1. The molecule has 0 heterocycles. The molecular formula is C22H30O4. The lowest BCUT2D eigenvalue weighted by atomic mass is 9.68. The van der Waals surface area contributed by atoms with Crippen LogP contribution in [-0.4, -0.2) is 27.9 Å². The van der Waals surface area contributed by atoms with Crippen molar-refractivity contribution in [1.82, 2.24) is 0 Å². The maximum atomic E-state index is 12.7. The van der Waals surface area contributed by atoms with E-state index in [9.17, 15) is 15.0 Å². The Morgan fingerprint density at radius 1 is 1.23 bits per heavy atom. The van der Waals surface area contributed by atoms with Crippen LogP contribution in [0.4, 0.5) is 0 Å². The van der Waals surface area contributed by atoms with E-state index in [0.29, 0.717) is 12.0 Å². The van der Waals surface area contributed by atoms with Gasteiger partial charge in [-0.1, -0.05) is 39.8 Å². The highest BCUT2D eigenvalue weighted by Gasteiger charge is 2.58. The minimum Gasteiger partial charge on any atom is -0.508 e. The topological polar surface area (TPSA) is 66.8 Å². The summed E-state index contributed by atoms with van der Waals surface area (Å²) in [4.78, 5) is 12.7. The lowest BCUT2D eigenvalue weighted by Gasteiger charge is -2.43. The van der Waals surface area contributed by atoms with Crippen molar-refractivity contribution >= 4 is 5.97 Å². The molecule has 0 radical (unpaired) electrons. The molecule has 26 heavy (non-hydrogen) atoms. The molecule has 5 atom stereocenters. The lowest BCUT2D eigenvalue weighted by molar-refractivity contribution is -0.108. The van der Waals surface area contributed by atoms with E-state index in [1.54, 1.807) is 12.1 Å². The molecule has 2 aliphatic rings. The Kier molecular flexibility index (Phi) is 4.91. The van der Waals surface area contributed by atoms with Gasteiger partial charge in [0.15, 0.2) is 0 Å². The van der Waals surface area contributed by atoms with E-state index in [4.69, 9.17) is 4.74 Å². The monoisotopic (exact) mass is 358 g/mol. The van der Waals surface area contributed by atoms with Crippen molar-refractivity contribution in [3.63, 3.8) is 0 Å². The van der Waals surface area contributed by atoms with Gasteiger partial charge in [0.2, 0.25) is 0 Å². The molecule has 0 aliphatic heterocycles. The number of allylic oxidation sites excluding steroid dienone is 2. The van der Waals surface area contributed by atoms with Crippen molar-refractivity contribution < 1.29 is 19.7 Å². The van der Waals surface area contributed by atoms with Gasteiger partial charge in [0.05, 0.1) is 11.2 Å². The third kappa shape index (κ3) is 3.27. The average Bonchev–Trinajstić information content (AvgIpc) is 2.78. The summed E-state index contributed by atoms with van der Waals surface area (Å²) in [6.07, 6.45) is 6.40. The van der Waals surface area contributed by atoms with Crippen LogP contribution in [0.15, 0.2) is 36.4 Å². The largest absolute Gasteiger partial charge is 0.508 e. The number of phenols is 1. The predicted molar refractivity (Wildman–Crippen MR) is 101 cm³/mol. The number of carbonyl (C=O) groups excluding carboxylic acids is 1. The van der Waals surface area contributed by atoms with E-state index in [1.165, 1.54) is 12.1 Å². The number of carbonyl (C=O) groups is 1. The number of esters is 1. The standard InChI is InChI=1S/C22H30O4/c1-14(2)22(25)12-11-21(4)10-9-15(3)13-18(19(21)22)26-20(24)16-5-7-17(23)8-6-16/h5-10,14-15,18-19,23,25H,11-13H2,1-4H3. The second kappa shape index (κ2) is 6.73. The Morgan fingerprint density at radius 3 is 2.50 bits per heavy atom. The van der Waals surface area contributed by atoms with Crippen LogP contribution in [0.1, 0.15) is 57.3 Å². The van der Waals surface area contributed by atoms with Crippen LogP contribution in [0.2, 0.25) is 0 Å². The second-order valence-corrected chi connectivity index (χ2v) is 8.69. The first kappa shape index (κ1) is 19.0. The van der Waals surface area contributed by atoms with E-state index in [1.807, 2.05) is 13.8 Å². The summed E-state index contributed by atoms with van der Waals surface area (Å²) in [6.45, 7) is 8.38. The Labute approximate surface area is 155 Å². The third-order valence-corrected chi connectivity index (χ3v) is 6.46. The number of hydrogen-bond acceptors (Lipinski definition) is 4. The van der Waals surface area contributed by atoms with Crippen LogP contribution in [0.25, 0.3) is 0 Å². The van der Waals surface area contributed by atoms with Crippen LogP contribution in [0.5, 0.6) is 5.75 Å². The van der Waals surface area contributed by atoms with E-state index in [0.717, 1.165) is 12.8 Å². The fourth-order valence-corrected chi connectivity index (χ4v) is 4.82. The highest BCUT2D eigenvalue weighted by molar-refractivity contribution is 5.89. The minimum atomic E-state index is -0.844. The van der Waals surface area contributed by atoms with Gasteiger partial charge in [-0.2, -0.15) is 0 Å². The van der Waals surface area contributed by atoms with Gasteiger partial charge in [0.25, 0.3) is 0 Å². The molecule has 0 spiro atoms. The fourth-order valence-electron chi connectivity index (χ4n) is 4.82. The first-order valence-corrected chi connectivity index (χ1v) is 9.57. The van der Waals surface area contributed by atoms with Crippen LogP contribution in [0, 0.1) is 23.2 Å². The Bertz CT molecular complexity index is 693. The molecule has 5 unspecified atom stereocenters. The summed E-state index contributed by atoms with van der Waals surface area (Å²) in [5.74, 6) is -0.0365. The molecule has 4 nitrogen and oxygen atoms in total. The molecule has 142 valence electrons. The lowest BCUT2D eigenvalue weighted by Crippen LogP contribution is -2.50. The smallest absolute Gasteiger partial charge is 0.338 e. The SMILES string of the molecule is CC1C=CC2(C)CCC(O)(C(C)C)C2C(OC(=O)c2ccc(O)cc2)C1. The molecule has 0 saturated heterocycles. The van der Waals surface area contributed by atoms with Gasteiger partial charge >= 0.3 is 5.97 Å². The van der Waals surface area contributed by atoms with Crippen molar-refractivity contribution in [2.24, 2.45) is 23.2 Å². The number of aromatic hydroxyl groups is 1. The maximum absolute atomic E-state index is 12.7. The molecule has 1 saturated carbocycles. The van der Waals surface area contributed by atoms with Crippen LogP contribution < -0.4 is 0 Å². The van der Waals surface area contributed by atoms with Gasteiger partial charge in [-0.3, -0.25) is 0 Å². The van der Waals surface area contributed by atoms with Gasteiger partial charge < -0.3 is 14.9 Å². The number of aliphatic hydroxyl groups is 1. The molecule has 0 amide bonds. The number of benzene rings is 1. The van der Waals surface area contributed by atoms with Gasteiger partial charge in [-0.15, -0.1) is 0 Å². The molecule has 1 aromatic carbocycles. The molecule has 3 rings (SSSR count). The van der Waals surface area contributed by atoms with E-state index in [-0.39, 0.29) is 35.0 Å². The van der Waals surface area contributed by atoms with Crippen LogP contribution in [0.3, 0.4) is 0 Å². The zero-order valence-electron chi connectivity index (χ0n) is 16.1. The number of rotatable bonds is 3. The van der Waals surface area contributed by atoms with Gasteiger partial charge in [-0.25, -0.2) is 4.79 Å². The van der Waals surface area contributed by atoms with Crippen molar-refractivity contribution in [3.05, 3.63) is 42.0 Å². The molecule has 1 aromatic rings. The summed E-state index contributed by atoms with van der Waals surface area (Å²) >= 11 is 0. The highest BCUT2D eigenvalue weighted by atomic mass is 16.5. The number of ether oxygens (including phenoxy) is 1. The first-order chi connectivity index (χ1) is 12.2. The molecule has 4 heteroatoms. The normalized spacial score (nSPS) is 36.6. The van der Waals surface area contributed by atoms with Gasteiger partial charge in [0, 0.05) is 5.92 Å². The van der Waals surface area contributed by atoms with E-state index >= 15 is 0 Å². The molecular weight excluding hydrogens is 328 g/mol. The minimum absolute atomic E-state index is 0.0889. The van der Waals surface area contributed by atoms with Crippen molar-refractivity contribution in [2.45, 2.75) is 58.7 Å². The Morgan fingerprint density at radius 2 is 1.88 bits per heavy atom. The summed E-state index contributed by atoms with van der Waals surface area (Å²) in [7, 11) is 0. The quantitative estimate of drug-likeness (QED) is 0.624. The van der Waals surface area contributed by atoms with Gasteiger partial charge in [0.1, 0.15) is 11.9 Å². The number of hydrogen-bond donors (Lipinski definition) is 2. The summed E-state index contributed by atoms with van der Waals surface area (Å²) in [6, 6.07) is 6.10. The van der Waals surface area contributed by atoms with Crippen LogP contribution >= 0.6 is 0 Å². The predicted octanol–water partition coefficient (Wildman–Crippen LogP) is 4.32. The molecule has 0 aromatic heterocycles. The van der Waals surface area contributed by atoms with Crippen molar-refractivity contribution in [1.29, 1.82) is 0 Å². The molecule has 0 bridgehead atoms. The molecule has 2 N–H and O–H groups in total. The van der Waals surface area contributed by atoms with Gasteiger partial charge in [-0.05, 0) is 60.8 Å². The van der Waals surface area contributed by atoms with E-state index in [2.05, 4.69) is 26.0 Å². The summed E-state index contributed by atoms with van der Waals surface area (Å²) < 4.78 is 5.97. The Balaban J connectivity index is 1.92. The average molecular weight is 358 g/mol. The van der Waals surface area contributed by atoms with E-state index < -0.39 is 11.6 Å². The maximum Gasteiger partial charge on any atom is 0.338 e. The fraction of sp³-hybridized carbons (Fsp3) is 0.591. The van der Waals surface area contributed by atoms with Crippen molar-refractivity contribution in [2.75, 3.05) is 0 Å². The third-order valence-electron chi connectivity index (χ3n) is 6.46.